The average molecular weight is 408 g/mol. The fraction of sp³-hybridized carbons (Fsp3) is 0.0952. The molecule has 0 aliphatic heterocycles. The van der Waals surface area contributed by atoms with Crippen LogP contribution in [0.25, 0.3) is 4.96 Å². The number of para-hydroxylation sites is 1. The van der Waals surface area contributed by atoms with Crippen molar-refractivity contribution in [2.45, 2.75) is 17.6 Å². The predicted molar refractivity (Wildman–Crippen MR) is 114 cm³/mol. The Hall–Kier alpha value is -2.90. The largest absolute Gasteiger partial charge is 0.321 e. The Morgan fingerprint density at radius 3 is 2.79 bits per heavy atom. The van der Waals surface area contributed by atoms with Gasteiger partial charge in [0.25, 0.3) is 11.5 Å². The first-order valence-corrected chi connectivity index (χ1v) is 10.5. The molecule has 2 heterocycles. The van der Waals surface area contributed by atoms with E-state index in [-0.39, 0.29) is 11.5 Å². The molecule has 1 amide bonds. The number of aryl methyl sites for hydroxylation is 1. The van der Waals surface area contributed by atoms with Gasteiger partial charge in [-0.3, -0.25) is 14.0 Å². The second-order valence-electron chi connectivity index (χ2n) is 6.25. The molecule has 2 aromatic carbocycles. The molecule has 0 aliphatic carbocycles. The standard InChI is InChI=1S/C21H17N3O2S2/c1-14-6-8-15(9-7-14)20(26)23-17-4-2-3-5-18(17)28-13-16-12-19(25)24-10-11-27-21(24)22-16/h2-12H,13H2,1H3,(H,23,26). The van der Waals surface area contributed by atoms with Crippen LogP contribution in [0.2, 0.25) is 0 Å². The van der Waals surface area contributed by atoms with Crippen molar-refractivity contribution in [3.05, 3.63) is 93.3 Å². The Bertz CT molecular complexity index is 1200. The smallest absolute Gasteiger partial charge is 0.258 e. The Balaban J connectivity index is 1.51. The summed E-state index contributed by atoms with van der Waals surface area (Å²) >= 11 is 2.97. The maximum atomic E-state index is 12.5. The molecule has 0 aliphatic rings. The number of aromatic nitrogens is 2. The SMILES string of the molecule is Cc1ccc(C(=O)Nc2ccccc2SCc2cc(=O)n3ccsc3n2)cc1. The van der Waals surface area contributed by atoms with Crippen LogP contribution in [0.1, 0.15) is 21.6 Å². The molecule has 4 aromatic rings. The fourth-order valence-electron chi connectivity index (χ4n) is 2.71. The third-order valence-corrected chi connectivity index (χ3v) is 6.04. The van der Waals surface area contributed by atoms with Crippen molar-refractivity contribution in [3.63, 3.8) is 0 Å². The van der Waals surface area contributed by atoms with Crippen LogP contribution in [-0.4, -0.2) is 15.3 Å². The number of carbonyl (C=O) groups is 1. The van der Waals surface area contributed by atoms with Crippen LogP contribution in [0.5, 0.6) is 0 Å². The summed E-state index contributed by atoms with van der Waals surface area (Å²) < 4.78 is 1.54. The van der Waals surface area contributed by atoms with Crippen molar-refractivity contribution >= 4 is 39.7 Å². The number of rotatable bonds is 5. The molecule has 140 valence electrons. The molecule has 0 saturated heterocycles. The minimum Gasteiger partial charge on any atom is -0.321 e. The summed E-state index contributed by atoms with van der Waals surface area (Å²) in [5.41, 5.74) is 3.11. The van der Waals surface area contributed by atoms with Crippen LogP contribution in [0.3, 0.4) is 0 Å². The molecular formula is C21H17N3O2S2. The number of nitrogens with one attached hydrogen (secondary N) is 1. The molecule has 4 rings (SSSR count). The Kier molecular flexibility index (Phi) is 5.27. The lowest BCUT2D eigenvalue weighted by molar-refractivity contribution is 0.102. The molecular weight excluding hydrogens is 390 g/mol. The topological polar surface area (TPSA) is 63.5 Å². The summed E-state index contributed by atoms with van der Waals surface area (Å²) in [5, 5.41) is 4.82. The number of hydrogen-bond acceptors (Lipinski definition) is 5. The first-order valence-electron chi connectivity index (χ1n) is 8.66. The van der Waals surface area contributed by atoms with Crippen LogP contribution in [0, 0.1) is 6.92 Å². The first-order chi connectivity index (χ1) is 13.6. The van der Waals surface area contributed by atoms with E-state index in [0.717, 1.165) is 21.8 Å². The van der Waals surface area contributed by atoms with E-state index < -0.39 is 0 Å². The molecule has 2 aromatic heterocycles. The Morgan fingerprint density at radius 2 is 1.96 bits per heavy atom. The summed E-state index contributed by atoms with van der Waals surface area (Å²) in [6.07, 6.45) is 1.72. The third-order valence-electron chi connectivity index (χ3n) is 4.18. The second-order valence-corrected chi connectivity index (χ2v) is 8.14. The van der Waals surface area contributed by atoms with Gasteiger partial charge in [0.1, 0.15) is 0 Å². The van der Waals surface area contributed by atoms with Gasteiger partial charge in [-0.1, -0.05) is 29.8 Å². The van der Waals surface area contributed by atoms with Crippen molar-refractivity contribution in [3.8, 4) is 0 Å². The van der Waals surface area contributed by atoms with Gasteiger partial charge in [-0.05, 0) is 31.2 Å². The van der Waals surface area contributed by atoms with Crippen LogP contribution < -0.4 is 10.9 Å². The molecule has 1 N–H and O–H groups in total. The average Bonchev–Trinajstić information content (AvgIpc) is 3.17. The number of thiazole rings is 1. The molecule has 28 heavy (non-hydrogen) atoms. The Morgan fingerprint density at radius 1 is 1.18 bits per heavy atom. The molecule has 0 atom stereocenters. The van der Waals surface area contributed by atoms with E-state index in [1.54, 1.807) is 12.3 Å². The maximum absolute atomic E-state index is 12.5. The number of thioether (sulfide) groups is 1. The fourth-order valence-corrected chi connectivity index (χ4v) is 4.35. The highest BCUT2D eigenvalue weighted by Gasteiger charge is 2.10. The summed E-state index contributed by atoms with van der Waals surface area (Å²) in [5.74, 6) is 0.394. The van der Waals surface area contributed by atoms with Gasteiger partial charge in [-0.15, -0.1) is 23.1 Å². The van der Waals surface area contributed by atoms with E-state index in [1.807, 2.05) is 60.8 Å². The molecule has 0 radical (unpaired) electrons. The minimum absolute atomic E-state index is 0.0807. The van der Waals surface area contributed by atoms with Gasteiger partial charge in [-0.2, -0.15) is 0 Å². The van der Waals surface area contributed by atoms with E-state index in [1.165, 1.54) is 27.5 Å². The van der Waals surface area contributed by atoms with Crippen LogP contribution in [0.4, 0.5) is 5.69 Å². The van der Waals surface area contributed by atoms with E-state index in [4.69, 9.17) is 0 Å². The summed E-state index contributed by atoms with van der Waals surface area (Å²) in [4.78, 5) is 30.8. The van der Waals surface area contributed by atoms with Crippen LogP contribution >= 0.6 is 23.1 Å². The number of fused-ring (bicyclic) bond motifs is 1. The van der Waals surface area contributed by atoms with Crippen molar-refractivity contribution in [1.82, 2.24) is 9.38 Å². The predicted octanol–water partition coefficient (Wildman–Crippen LogP) is 4.61. The number of amides is 1. The Labute approximate surface area is 170 Å². The molecule has 5 nitrogen and oxygen atoms in total. The lowest BCUT2D eigenvalue weighted by Gasteiger charge is -2.11. The van der Waals surface area contributed by atoms with Gasteiger partial charge in [0.15, 0.2) is 4.96 Å². The van der Waals surface area contributed by atoms with E-state index in [9.17, 15) is 9.59 Å². The second kappa shape index (κ2) is 8.00. The van der Waals surface area contributed by atoms with Gasteiger partial charge in [0, 0.05) is 33.9 Å². The zero-order valence-corrected chi connectivity index (χ0v) is 16.7. The number of benzene rings is 2. The molecule has 7 heteroatoms. The zero-order chi connectivity index (χ0) is 19.5. The van der Waals surface area contributed by atoms with E-state index in [2.05, 4.69) is 10.3 Å². The van der Waals surface area contributed by atoms with Crippen molar-refractivity contribution < 1.29 is 4.79 Å². The molecule has 0 unspecified atom stereocenters. The third kappa shape index (κ3) is 4.00. The molecule has 0 saturated carbocycles. The quantitative estimate of drug-likeness (QED) is 0.491. The lowest BCUT2D eigenvalue weighted by Crippen LogP contribution is -2.13. The monoisotopic (exact) mass is 407 g/mol. The molecule has 0 fully saturated rings. The van der Waals surface area contributed by atoms with E-state index >= 15 is 0 Å². The number of hydrogen-bond donors (Lipinski definition) is 1. The minimum atomic E-state index is -0.149. The van der Waals surface area contributed by atoms with Gasteiger partial charge in [0.2, 0.25) is 0 Å². The summed E-state index contributed by atoms with van der Waals surface area (Å²) in [6, 6.07) is 16.7. The van der Waals surface area contributed by atoms with Gasteiger partial charge < -0.3 is 5.32 Å². The van der Waals surface area contributed by atoms with Gasteiger partial charge >= 0.3 is 0 Å². The lowest BCUT2D eigenvalue weighted by atomic mass is 10.1. The van der Waals surface area contributed by atoms with Crippen molar-refractivity contribution in [2.24, 2.45) is 0 Å². The maximum Gasteiger partial charge on any atom is 0.258 e. The van der Waals surface area contributed by atoms with Gasteiger partial charge in [-0.25, -0.2) is 4.98 Å². The number of carbonyl (C=O) groups excluding carboxylic acids is 1. The number of anilines is 1. The van der Waals surface area contributed by atoms with Crippen LogP contribution in [0.15, 0.2) is 75.9 Å². The molecule has 0 spiro atoms. The first kappa shape index (κ1) is 18.5. The van der Waals surface area contributed by atoms with Crippen LogP contribution in [-0.2, 0) is 5.75 Å². The highest BCUT2D eigenvalue weighted by molar-refractivity contribution is 7.98. The zero-order valence-electron chi connectivity index (χ0n) is 15.1. The summed E-state index contributed by atoms with van der Waals surface area (Å²) in [7, 11) is 0. The van der Waals surface area contributed by atoms with Gasteiger partial charge in [0.05, 0.1) is 11.4 Å². The highest BCUT2D eigenvalue weighted by Crippen LogP contribution is 2.29. The number of nitrogens with zero attached hydrogens (tertiary/aromatic N) is 2. The summed E-state index contributed by atoms with van der Waals surface area (Å²) in [6.45, 7) is 1.99. The molecule has 0 bridgehead atoms. The highest BCUT2D eigenvalue weighted by atomic mass is 32.2. The normalized spacial score (nSPS) is 10.9. The van der Waals surface area contributed by atoms with E-state index in [0.29, 0.717) is 16.3 Å². The van der Waals surface area contributed by atoms with Crippen molar-refractivity contribution in [1.29, 1.82) is 0 Å². The van der Waals surface area contributed by atoms with Crippen molar-refractivity contribution in [2.75, 3.05) is 5.32 Å².